The van der Waals surface area contributed by atoms with Gasteiger partial charge in [-0.2, -0.15) is 0 Å². The van der Waals surface area contributed by atoms with Gasteiger partial charge < -0.3 is 14.2 Å². The summed E-state index contributed by atoms with van der Waals surface area (Å²) in [5, 5.41) is 0. The molecule has 0 fully saturated rings. The Labute approximate surface area is 510 Å². The molecule has 0 bridgehead atoms. The summed E-state index contributed by atoms with van der Waals surface area (Å²) >= 11 is 0. The Morgan fingerprint density at radius 1 is 0.256 bits per heavy atom. The SMILES string of the molecule is CC/C=C\C/C=C\C/C=C\C/C=C\C/C=C\C/C=C\CCCCCCC(=O)OC(COC(=O)CCCCCCCCCCCCCCCCCC)COC(=O)CCCCCCCCCCCCCCCCCCCCCCCCCCC. The fourth-order valence-electron chi connectivity index (χ4n) is 10.6. The van der Waals surface area contributed by atoms with Crippen LogP contribution in [0.3, 0.4) is 0 Å². The van der Waals surface area contributed by atoms with Crippen LogP contribution in [0.25, 0.3) is 0 Å². The third kappa shape index (κ3) is 67.6. The molecule has 0 heterocycles. The van der Waals surface area contributed by atoms with E-state index in [9.17, 15) is 14.4 Å². The van der Waals surface area contributed by atoms with Crippen LogP contribution in [0.5, 0.6) is 0 Å². The number of ether oxygens (including phenoxy) is 3. The topological polar surface area (TPSA) is 78.9 Å². The van der Waals surface area contributed by atoms with Gasteiger partial charge in [0.15, 0.2) is 6.10 Å². The molecule has 0 aromatic rings. The molecule has 0 aliphatic rings. The largest absolute Gasteiger partial charge is 0.462 e. The Morgan fingerprint density at radius 3 is 0.744 bits per heavy atom. The van der Waals surface area contributed by atoms with E-state index >= 15 is 0 Å². The van der Waals surface area contributed by atoms with Crippen molar-refractivity contribution < 1.29 is 28.6 Å². The molecule has 6 heteroatoms. The molecule has 0 aliphatic carbocycles. The molecule has 6 nitrogen and oxygen atoms in total. The lowest BCUT2D eigenvalue weighted by atomic mass is 10.0. The van der Waals surface area contributed by atoms with E-state index in [1.54, 1.807) is 0 Å². The highest BCUT2D eigenvalue weighted by atomic mass is 16.6. The summed E-state index contributed by atoms with van der Waals surface area (Å²) in [6.45, 7) is 6.58. The van der Waals surface area contributed by atoms with Crippen LogP contribution in [0.15, 0.2) is 72.9 Å². The Morgan fingerprint density at radius 2 is 0.476 bits per heavy atom. The summed E-state index contributed by atoms with van der Waals surface area (Å²) in [4.78, 5) is 38.5. The average molecular weight is 1150 g/mol. The molecule has 0 rings (SSSR count). The van der Waals surface area contributed by atoms with Gasteiger partial charge in [0.25, 0.3) is 0 Å². The van der Waals surface area contributed by atoms with Crippen LogP contribution < -0.4 is 0 Å². The van der Waals surface area contributed by atoms with Crippen molar-refractivity contribution in [3.63, 3.8) is 0 Å². The Hall–Kier alpha value is -3.15. The van der Waals surface area contributed by atoms with Crippen LogP contribution in [0.2, 0.25) is 0 Å². The lowest BCUT2D eigenvalue weighted by molar-refractivity contribution is -0.167. The lowest BCUT2D eigenvalue weighted by Gasteiger charge is -2.18. The van der Waals surface area contributed by atoms with Gasteiger partial charge >= 0.3 is 17.9 Å². The van der Waals surface area contributed by atoms with Gasteiger partial charge in [-0.15, -0.1) is 0 Å². The second-order valence-corrected chi connectivity index (χ2v) is 24.1. The van der Waals surface area contributed by atoms with E-state index in [-0.39, 0.29) is 31.1 Å². The standard InChI is InChI=1S/C76H136O6/c1-4-7-10-13-16-19-22-25-28-31-33-35-37-38-40-41-43-45-48-51-54-57-60-63-66-69-75(78)81-72-73(71-80-74(77)68-65-62-59-56-53-50-47-30-27-24-21-18-15-12-9-6-3)82-76(79)70-67-64-61-58-55-52-49-46-44-42-39-36-34-32-29-26-23-20-17-14-11-8-5-2/h8,11,17,20,26,29,34,36,42,44,49,52,73H,4-7,9-10,12-16,18-19,21-25,27-28,30-33,35,37-41,43,45-48,50-51,53-72H2,1-3H3/b11-8-,20-17-,29-26-,36-34-,44-42-,52-49-. The number of carbonyl (C=O) groups is 3. The van der Waals surface area contributed by atoms with Crippen molar-refractivity contribution in [2.24, 2.45) is 0 Å². The first kappa shape index (κ1) is 78.8. The summed E-state index contributed by atoms with van der Waals surface area (Å²) in [7, 11) is 0. The maximum absolute atomic E-state index is 13.0. The molecular weight excluding hydrogens is 1010 g/mol. The first-order valence-electron chi connectivity index (χ1n) is 35.9. The summed E-state index contributed by atoms with van der Waals surface area (Å²) < 4.78 is 17.0. The normalized spacial score (nSPS) is 12.5. The smallest absolute Gasteiger partial charge is 0.306 e. The van der Waals surface area contributed by atoms with Crippen LogP contribution in [0.4, 0.5) is 0 Å². The fourth-order valence-corrected chi connectivity index (χ4v) is 10.6. The first-order valence-corrected chi connectivity index (χ1v) is 35.9. The van der Waals surface area contributed by atoms with E-state index in [2.05, 4.69) is 93.7 Å². The van der Waals surface area contributed by atoms with Gasteiger partial charge in [0.1, 0.15) is 13.2 Å². The van der Waals surface area contributed by atoms with E-state index in [4.69, 9.17) is 14.2 Å². The average Bonchev–Trinajstić information content (AvgIpc) is 3.47. The summed E-state index contributed by atoms with van der Waals surface area (Å²) in [5.41, 5.74) is 0. The second-order valence-electron chi connectivity index (χ2n) is 24.1. The van der Waals surface area contributed by atoms with Gasteiger partial charge in [-0.25, -0.2) is 0 Å². The van der Waals surface area contributed by atoms with Crippen molar-refractivity contribution in [3.05, 3.63) is 72.9 Å². The molecule has 0 N–H and O–H groups in total. The quantitative estimate of drug-likeness (QED) is 0.0261. The maximum atomic E-state index is 13.0. The number of hydrogen-bond acceptors (Lipinski definition) is 6. The Kier molecular flexibility index (Phi) is 67.6. The molecular formula is C76H136O6. The molecule has 0 amide bonds. The zero-order chi connectivity index (χ0) is 59.2. The Bertz CT molecular complexity index is 1500. The molecule has 82 heavy (non-hydrogen) atoms. The Balaban J connectivity index is 4.34. The molecule has 0 saturated carbocycles. The third-order valence-electron chi connectivity index (χ3n) is 16.0. The minimum atomic E-state index is -0.789. The van der Waals surface area contributed by atoms with Crippen molar-refractivity contribution in [1.29, 1.82) is 0 Å². The second kappa shape index (κ2) is 70.3. The minimum absolute atomic E-state index is 0.0811. The van der Waals surface area contributed by atoms with Gasteiger partial charge in [-0.05, 0) is 70.6 Å². The van der Waals surface area contributed by atoms with Gasteiger partial charge in [0, 0.05) is 19.3 Å². The third-order valence-corrected chi connectivity index (χ3v) is 16.0. The number of carbonyl (C=O) groups excluding carboxylic acids is 3. The molecule has 0 radical (unpaired) electrons. The monoisotopic (exact) mass is 1150 g/mol. The number of rotatable bonds is 66. The molecule has 0 saturated heterocycles. The number of esters is 3. The van der Waals surface area contributed by atoms with E-state index in [0.29, 0.717) is 19.3 Å². The van der Waals surface area contributed by atoms with Crippen molar-refractivity contribution in [2.45, 2.75) is 380 Å². The molecule has 0 aromatic heterocycles. The van der Waals surface area contributed by atoms with Gasteiger partial charge in [-0.3, -0.25) is 14.4 Å². The van der Waals surface area contributed by atoms with Crippen molar-refractivity contribution in [1.82, 2.24) is 0 Å². The van der Waals surface area contributed by atoms with Crippen molar-refractivity contribution in [2.75, 3.05) is 13.2 Å². The van der Waals surface area contributed by atoms with E-state index in [1.165, 1.54) is 225 Å². The van der Waals surface area contributed by atoms with Crippen molar-refractivity contribution in [3.8, 4) is 0 Å². The highest BCUT2D eigenvalue weighted by Gasteiger charge is 2.19. The summed E-state index contributed by atoms with van der Waals surface area (Å²) in [5.74, 6) is -0.881. The predicted octanol–water partition coefficient (Wildman–Crippen LogP) is 24.8. The lowest BCUT2D eigenvalue weighted by Crippen LogP contribution is -2.30. The number of hydrogen-bond donors (Lipinski definition) is 0. The van der Waals surface area contributed by atoms with Crippen LogP contribution in [-0.4, -0.2) is 37.2 Å². The number of allylic oxidation sites excluding steroid dienone is 12. The molecule has 0 aromatic carbocycles. The fraction of sp³-hybridized carbons (Fsp3) is 0.803. The maximum Gasteiger partial charge on any atom is 0.306 e. The zero-order valence-electron chi connectivity index (χ0n) is 54.8. The van der Waals surface area contributed by atoms with Crippen molar-refractivity contribution >= 4 is 17.9 Å². The minimum Gasteiger partial charge on any atom is -0.462 e. The highest BCUT2D eigenvalue weighted by molar-refractivity contribution is 5.71. The first-order chi connectivity index (χ1) is 40.5. The summed E-state index contributed by atoms with van der Waals surface area (Å²) in [6.07, 6.45) is 92.2. The van der Waals surface area contributed by atoms with Crippen LogP contribution in [0.1, 0.15) is 374 Å². The van der Waals surface area contributed by atoms with E-state index in [0.717, 1.165) is 109 Å². The molecule has 0 spiro atoms. The van der Waals surface area contributed by atoms with Crippen LogP contribution in [-0.2, 0) is 28.6 Å². The highest BCUT2D eigenvalue weighted by Crippen LogP contribution is 2.18. The van der Waals surface area contributed by atoms with E-state index in [1.807, 2.05) is 0 Å². The van der Waals surface area contributed by atoms with E-state index < -0.39 is 6.10 Å². The zero-order valence-corrected chi connectivity index (χ0v) is 54.8. The number of unbranched alkanes of at least 4 members (excludes halogenated alkanes) is 43. The predicted molar refractivity (Wildman–Crippen MR) is 358 cm³/mol. The van der Waals surface area contributed by atoms with Gasteiger partial charge in [0.05, 0.1) is 0 Å². The van der Waals surface area contributed by atoms with Crippen LogP contribution in [0, 0.1) is 0 Å². The molecule has 476 valence electrons. The molecule has 1 unspecified atom stereocenters. The molecule has 1 atom stereocenters. The van der Waals surface area contributed by atoms with Crippen LogP contribution >= 0.6 is 0 Å². The van der Waals surface area contributed by atoms with Gasteiger partial charge in [-0.1, -0.05) is 357 Å². The van der Waals surface area contributed by atoms with Gasteiger partial charge in [0.2, 0.25) is 0 Å². The molecule has 0 aliphatic heterocycles. The summed E-state index contributed by atoms with van der Waals surface area (Å²) in [6, 6.07) is 0.